The van der Waals surface area contributed by atoms with Crippen molar-refractivity contribution in [2.24, 2.45) is 5.73 Å². The third-order valence-corrected chi connectivity index (χ3v) is 2.96. The van der Waals surface area contributed by atoms with Gasteiger partial charge in [0.1, 0.15) is 0 Å². The Morgan fingerprint density at radius 2 is 1.94 bits per heavy atom. The van der Waals surface area contributed by atoms with E-state index >= 15 is 0 Å². The van der Waals surface area contributed by atoms with Crippen LogP contribution in [0.15, 0.2) is 41.3 Å². The highest BCUT2D eigenvalue weighted by atomic mass is 16.1. The second kappa shape index (κ2) is 4.97. The molecule has 3 heteroatoms. The third kappa shape index (κ3) is 2.15. The van der Waals surface area contributed by atoms with Crippen LogP contribution in [0.5, 0.6) is 0 Å². The van der Waals surface area contributed by atoms with Crippen LogP contribution < -0.4 is 11.3 Å². The van der Waals surface area contributed by atoms with Crippen molar-refractivity contribution in [3.8, 4) is 11.1 Å². The van der Waals surface area contributed by atoms with Gasteiger partial charge in [0.05, 0.1) is 0 Å². The zero-order valence-corrected chi connectivity index (χ0v) is 9.86. The molecule has 2 rings (SSSR count). The summed E-state index contributed by atoms with van der Waals surface area (Å²) in [5.74, 6) is 0. The molecule has 88 valence electrons. The molecule has 1 aromatic carbocycles. The first-order valence-corrected chi connectivity index (χ1v) is 5.76. The fraction of sp³-hybridized carbons (Fsp3) is 0.214. The standard InChI is InChI=1S/C14H16N2O/c1-2-10-5-3-4-6-11(10)12-7-8-16-14(17)13(12)9-15/h3-8H,2,9,15H2,1H3,(H,16,17). The van der Waals surface area contributed by atoms with Crippen LogP contribution in [0.3, 0.4) is 0 Å². The summed E-state index contributed by atoms with van der Waals surface area (Å²) in [6, 6.07) is 10.0. The quantitative estimate of drug-likeness (QED) is 0.844. The SMILES string of the molecule is CCc1ccccc1-c1cc[nH]c(=O)c1CN. The number of hydrogen-bond acceptors (Lipinski definition) is 2. The third-order valence-electron chi connectivity index (χ3n) is 2.96. The van der Waals surface area contributed by atoms with Crippen molar-refractivity contribution in [1.29, 1.82) is 0 Å². The normalized spacial score (nSPS) is 10.5. The molecule has 0 unspecified atom stereocenters. The topological polar surface area (TPSA) is 58.9 Å². The van der Waals surface area contributed by atoms with Crippen LogP contribution in [0.1, 0.15) is 18.1 Å². The summed E-state index contributed by atoms with van der Waals surface area (Å²) in [5, 5.41) is 0. The first-order chi connectivity index (χ1) is 8.27. The number of nitrogens with two attached hydrogens (primary N) is 1. The number of nitrogens with one attached hydrogen (secondary N) is 1. The van der Waals surface area contributed by atoms with Crippen molar-refractivity contribution in [3.63, 3.8) is 0 Å². The van der Waals surface area contributed by atoms with Crippen molar-refractivity contribution >= 4 is 0 Å². The van der Waals surface area contributed by atoms with Gasteiger partial charge in [-0.15, -0.1) is 0 Å². The molecule has 0 amide bonds. The molecular formula is C14H16N2O. The van der Waals surface area contributed by atoms with Crippen molar-refractivity contribution in [3.05, 3.63) is 58.0 Å². The molecule has 0 bridgehead atoms. The molecule has 17 heavy (non-hydrogen) atoms. The lowest BCUT2D eigenvalue weighted by molar-refractivity contribution is 1.02. The minimum absolute atomic E-state index is 0.101. The molecule has 0 saturated heterocycles. The van der Waals surface area contributed by atoms with Gasteiger partial charge in [0.15, 0.2) is 0 Å². The maximum atomic E-state index is 11.7. The van der Waals surface area contributed by atoms with E-state index in [2.05, 4.69) is 18.0 Å². The molecule has 0 aliphatic carbocycles. The van der Waals surface area contributed by atoms with Gasteiger partial charge in [0, 0.05) is 18.3 Å². The van der Waals surface area contributed by atoms with Crippen LogP contribution in [0.2, 0.25) is 0 Å². The Balaban J connectivity index is 2.68. The molecule has 1 aromatic heterocycles. The van der Waals surface area contributed by atoms with Crippen molar-refractivity contribution < 1.29 is 0 Å². The average molecular weight is 228 g/mol. The molecule has 3 N–H and O–H groups in total. The molecule has 0 atom stereocenters. The van der Waals surface area contributed by atoms with E-state index in [0.29, 0.717) is 5.56 Å². The number of hydrogen-bond donors (Lipinski definition) is 2. The summed E-state index contributed by atoms with van der Waals surface area (Å²) in [5.41, 5.74) is 9.47. The minimum Gasteiger partial charge on any atom is -0.329 e. The zero-order chi connectivity index (χ0) is 12.3. The molecule has 0 fully saturated rings. The highest BCUT2D eigenvalue weighted by Crippen LogP contribution is 2.25. The molecule has 0 radical (unpaired) electrons. The number of aromatic nitrogens is 1. The monoisotopic (exact) mass is 228 g/mol. The molecule has 0 aliphatic heterocycles. The predicted octanol–water partition coefficient (Wildman–Crippen LogP) is 2.06. The Kier molecular flexibility index (Phi) is 3.40. The molecular weight excluding hydrogens is 212 g/mol. The fourth-order valence-electron chi connectivity index (χ4n) is 2.06. The maximum Gasteiger partial charge on any atom is 0.253 e. The number of benzene rings is 1. The number of aryl methyl sites for hydroxylation is 1. The van der Waals surface area contributed by atoms with Gasteiger partial charge in [-0.25, -0.2) is 0 Å². The molecule has 0 spiro atoms. The van der Waals surface area contributed by atoms with E-state index in [1.165, 1.54) is 5.56 Å². The van der Waals surface area contributed by atoms with E-state index < -0.39 is 0 Å². The van der Waals surface area contributed by atoms with E-state index in [9.17, 15) is 4.79 Å². The summed E-state index contributed by atoms with van der Waals surface area (Å²) in [7, 11) is 0. The Morgan fingerprint density at radius 3 is 2.65 bits per heavy atom. The van der Waals surface area contributed by atoms with Crippen LogP contribution in [-0.4, -0.2) is 4.98 Å². The lowest BCUT2D eigenvalue weighted by Gasteiger charge is -2.10. The smallest absolute Gasteiger partial charge is 0.253 e. The van der Waals surface area contributed by atoms with Gasteiger partial charge >= 0.3 is 0 Å². The van der Waals surface area contributed by atoms with E-state index in [1.807, 2.05) is 24.3 Å². The second-order valence-electron chi connectivity index (χ2n) is 3.91. The Morgan fingerprint density at radius 1 is 1.18 bits per heavy atom. The summed E-state index contributed by atoms with van der Waals surface area (Å²) in [6.45, 7) is 2.36. The number of H-pyrrole nitrogens is 1. The van der Waals surface area contributed by atoms with Crippen molar-refractivity contribution in [2.45, 2.75) is 19.9 Å². The molecule has 0 aliphatic rings. The number of rotatable bonds is 3. The fourth-order valence-corrected chi connectivity index (χ4v) is 2.06. The largest absolute Gasteiger partial charge is 0.329 e. The van der Waals surface area contributed by atoms with Gasteiger partial charge in [-0.1, -0.05) is 31.2 Å². The second-order valence-corrected chi connectivity index (χ2v) is 3.91. The summed E-state index contributed by atoms with van der Waals surface area (Å²) in [6.07, 6.45) is 2.61. The predicted molar refractivity (Wildman–Crippen MR) is 69.8 cm³/mol. The van der Waals surface area contributed by atoms with Crippen LogP contribution in [0.4, 0.5) is 0 Å². The van der Waals surface area contributed by atoms with Crippen LogP contribution in [-0.2, 0) is 13.0 Å². The number of aromatic amines is 1. The Labute approximate surface area is 100 Å². The van der Waals surface area contributed by atoms with Gasteiger partial charge in [-0.2, -0.15) is 0 Å². The molecule has 2 aromatic rings. The van der Waals surface area contributed by atoms with Crippen LogP contribution in [0.25, 0.3) is 11.1 Å². The average Bonchev–Trinajstić information content (AvgIpc) is 2.38. The summed E-state index contributed by atoms with van der Waals surface area (Å²) < 4.78 is 0. The number of pyridine rings is 1. The zero-order valence-electron chi connectivity index (χ0n) is 9.86. The van der Waals surface area contributed by atoms with Gasteiger partial charge in [-0.3, -0.25) is 4.79 Å². The molecule has 1 heterocycles. The first-order valence-electron chi connectivity index (χ1n) is 5.76. The van der Waals surface area contributed by atoms with Gasteiger partial charge in [0.2, 0.25) is 0 Å². The Hall–Kier alpha value is -1.87. The van der Waals surface area contributed by atoms with Crippen LogP contribution >= 0.6 is 0 Å². The molecule has 0 saturated carbocycles. The lowest BCUT2D eigenvalue weighted by Crippen LogP contribution is -2.17. The lowest BCUT2D eigenvalue weighted by atomic mass is 9.95. The maximum absolute atomic E-state index is 11.7. The summed E-state index contributed by atoms with van der Waals surface area (Å²) >= 11 is 0. The van der Waals surface area contributed by atoms with Gasteiger partial charge in [-0.05, 0) is 29.2 Å². The van der Waals surface area contributed by atoms with Crippen molar-refractivity contribution in [1.82, 2.24) is 4.98 Å². The highest BCUT2D eigenvalue weighted by molar-refractivity contribution is 5.70. The van der Waals surface area contributed by atoms with E-state index in [4.69, 9.17) is 5.73 Å². The van der Waals surface area contributed by atoms with Gasteiger partial charge in [0.25, 0.3) is 5.56 Å². The van der Waals surface area contributed by atoms with E-state index in [-0.39, 0.29) is 12.1 Å². The highest BCUT2D eigenvalue weighted by Gasteiger charge is 2.09. The van der Waals surface area contributed by atoms with Crippen LogP contribution in [0, 0.1) is 0 Å². The van der Waals surface area contributed by atoms with E-state index in [0.717, 1.165) is 17.5 Å². The first kappa shape index (κ1) is 11.6. The van der Waals surface area contributed by atoms with Crippen molar-refractivity contribution in [2.75, 3.05) is 0 Å². The van der Waals surface area contributed by atoms with Gasteiger partial charge < -0.3 is 10.7 Å². The summed E-state index contributed by atoms with van der Waals surface area (Å²) in [4.78, 5) is 14.4. The molecule has 3 nitrogen and oxygen atoms in total. The van der Waals surface area contributed by atoms with E-state index in [1.54, 1.807) is 6.20 Å². The Bertz CT molecular complexity index is 572. The minimum atomic E-state index is -0.101.